The molecular formula is C18H25NO2. The molecule has 0 aliphatic carbocycles. The van der Waals surface area contributed by atoms with E-state index in [1.165, 1.54) is 10.9 Å². The van der Waals surface area contributed by atoms with Crippen molar-refractivity contribution in [3.8, 4) is 11.5 Å². The first-order valence-corrected chi connectivity index (χ1v) is 7.60. The van der Waals surface area contributed by atoms with Crippen molar-refractivity contribution in [2.24, 2.45) is 0 Å². The fourth-order valence-electron chi connectivity index (χ4n) is 2.79. The van der Waals surface area contributed by atoms with Crippen LogP contribution in [-0.2, 0) is 6.42 Å². The summed E-state index contributed by atoms with van der Waals surface area (Å²) in [5.74, 6) is 1.82. The molecule has 114 valence electrons. The summed E-state index contributed by atoms with van der Waals surface area (Å²) in [6, 6.07) is 10.3. The molecule has 2 aromatic rings. The first-order chi connectivity index (χ1) is 10.2. The minimum Gasteiger partial charge on any atom is -0.496 e. The minimum absolute atomic E-state index is 0.899. The number of likely N-dealkylation sites (N-methyl/N-ethyl adjacent to an activating group) is 1. The van der Waals surface area contributed by atoms with Gasteiger partial charge in [0.1, 0.15) is 11.5 Å². The molecular weight excluding hydrogens is 262 g/mol. The number of hydrogen-bond acceptors (Lipinski definition) is 3. The van der Waals surface area contributed by atoms with Crippen LogP contribution in [0.15, 0.2) is 30.3 Å². The highest BCUT2D eigenvalue weighted by atomic mass is 16.5. The number of benzene rings is 2. The van der Waals surface area contributed by atoms with E-state index in [2.05, 4.69) is 36.9 Å². The standard InChI is InChI=1S/C18H25NO2/c1-5-19(6-2)13-12-14-10-11-16(20-3)15-8-7-9-17(21-4)18(14)15/h7-11H,5-6,12-13H2,1-4H3. The number of nitrogens with zero attached hydrogens (tertiary/aromatic N) is 1. The molecule has 0 fully saturated rings. The van der Waals surface area contributed by atoms with Crippen molar-refractivity contribution >= 4 is 10.8 Å². The van der Waals surface area contributed by atoms with Gasteiger partial charge >= 0.3 is 0 Å². The Morgan fingerprint density at radius 1 is 0.905 bits per heavy atom. The van der Waals surface area contributed by atoms with E-state index in [4.69, 9.17) is 9.47 Å². The van der Waals surface area contributed by atoms with Gasteiger partial charge in [0.15, 0.2) is 0 Å². The third kappa shape index (κ3) is 3.30. The van der Waals surface area contributed by atoms with Gasteiger partial charge in [-0.3, -0.25) is 0 Å². The predicted molar refractivity (Wildman–Crippen MR) is 88.5 cm³/mol. The number of fused-ring (bicyclic) bond motifs is 1. The van der Waals surface area contributed by atoms with E-state index in [1.54, 1.807) is 14.2 Å². The molecule has 0 amide bonds. The summed E-state index contributed by atoms with van der Waals surface area (Å²) in [6.07, 6.45) is 1.02. The summed E-state index contributed by atoms with van der Waals surface area (Å²) in [4.78, 5) is 2.44. The van der Waals surface area contributed by atoms with E-state index in [0.29, 0.717) is 0 Å². The zero-order valence-corrected chi connectivity index (χ0v) is 13.5. The third-order valence-corrected chi connectivity index (χ3v) is 4.08. The van der Waals surface area contributed by atoms with E-state index in [-0.39, 0.29) is 0 Å². The second-order valence-corrected chi connectivity index (χ2v) is 5.09. The lowest BCUT2D eigenvalue weighted by atomic mass is 10.00. The Hall–Kier alpha value is -1.74. The van der Waals surface area contributed by atoms with Crippen LogP contribution in [0.3, 0.4) is 0 Å². The second-order valence-electron chi connectivity index (χ2n) is 5.09. The van der Waals surface area contributed by atoms with Crippen LogP contribution in [0, 0.1) is 0 Å². The van der Waals surface area contributed by atoms with Gasteiger partial charge in [-0.2, -0.15) is 0 Å². The molecule has 0 saturated heterocycles. The van der Waals surface area contributed by atoms with Crippen LogP contribution in [0.2, 0.25) is 0 Å². The fourth-order valence-corrected chi connectivity index (χ4v) is 2.79. The molecule has 0 atom stereocenters. The molecule has 0 bridgehead atoms. The largest absolute Gasteiger partial charge is 0.496 e. The van der Waals surface area contributed by atoms with Crippen molar-refractivity contribution in [1.82, 2.24) is 4.90 Å². The van der Waals surface area contributed by atoms with E-state index in [1.807, 2.05) is 12.1 Å². The molecule has 0 saturated carbocycles. The molecule has 0 aliphatic rings. The highest BCUT2D eigenvalue weighted by molar-refractivity contribution is 5.95. The fraction of sp³-hybridized carbons (Fsp3) is 0.444. The Labute approximate surface area is 127 Å². The summed E-state index contributed by atoms with van der Waals surface area (Å²) in [5.41, 5.74) is 1.31. The maximum atomic E-state index is 5.56. The van der Waals surface area contributed by atoms with Crippen LogP contribution in [0.25, 0.3) is 10.8 Å². The van der Waals surface area contributed by atoms with E-state index < -0.39 is 0 Å². The maximum absolute atomic E-state index is 5.56. The van der Waals surface area contributed by atoms with E-state index in [9.17, 15) is 0 Å². The summed E-state index contributed by atoms with van der Waals surface area (Å²) in [7, 11) is 3.44. The summed E-state index contributed by atoms with van der Waals surface area (Å²) in [5, 5.41) is 2.29. The molecule has 3 heteroatoms. The first-order valence-electron chi connectivity index (χ1n) is 7.60. The summed E-state index contributed by atoms with van der Waals surface area (Å²) in [6.45, 7) is 7.64. The van der Waals surface area contributed by atoms with E-state index in [0.717, 1.165) is 42.9 Å². The maximum Gasteiger partial charge on any atom is 0.127 e. The Kier molecular flexibility index (Phi) is 5.45. The average Bonchev–Trinajstić information content (AvgIpc) is 2.54. The zero-order chi connectivity index (χ0) is 15.2. The first kappa shape index (κ1) is 15.6. The molecule has 0 unspecified atom stereocenters. The van der Waals surface area contributed by atoms with Gasteiger partial charge in [0, 0.05) is 17.3 Å². The normalized spacial score (nSPS) is 11.1. The van der Waals surface area contributed by atoms with Gasteiger partial charge in [-0.15, -0.1) is 0 Å². The lowest BCUT2D eigenvalue weighted by Gasteiger charge is -2.19. The third-order valence-electron chi connectivity index (χ3n) is 4.08. The molecule has 3 nitrogen and oxygen atoms in total. The molecule has 0 aromatic heterocycles. The van der Waals surface area contributed by atoms with Crippen molar-refractivity contribution < 1.29 is 9.47 Å². The highest BCUT2D eigenvalue weighted by Crippen LogP contribution is 2.35. The van der Waals surface area contributed by atoms with E-state index >= 15 is 0 Å². The molecule has 0 aliphatic heterocycles. The molecule has 0 spiro atoms. The van der Waals surface area contributed by atoms with Gasteiger partial charge in [-0.05, 0) is 37.2 Å². The average molecular weight is 287 g/mol. The van der Waals surface area contributed by atoms with Crippen molar-refractivity contribution in [3.05, 3.63) is 35.9 Å². The smallest absolute Gasteiger partial charge is 0.127 e. The predicted octanol–water partition coefficient (Wildman–Crippen LogP) is 3.74. The van der Waals surface area contributed by atoms with Crippen molar-refractivity contribution in [2.45, 2.75) is 20.3 Å². The van der Waals surface area contributed by atoms with Crippen LogP contribution in [0.1, 0.15) is 19.4 Å². The van der Waals surface area contributed by atoms with Crippen LogP contribution >= 0.6 is 0 Å². The number of ether oxygens (including phenoxy) is 2. The monoisotopic (exact) mass is 287 g/mol. The Bertz CT molecular complexity index is 591. The van der Waals surface area contributed by atoms with Gasteiger partial charge in [0.25, 0.3) is 0 Å². The lowest BCUT2D eigenvalue weighted by Crippen LogP contribution is -2.25. The van der Waals surface area contributed by atoms with Gasteiger partial charge in [-0.25, -0.2) is 0 Å². The van der Waals surface area contributed by atoms with Crippen LogP contribution < -0.4 is 9.47 Å². The second kappa shape index (κ2) is 7.32. The molecule has 0 heterocycles. The number of rotatable bonds is 7. The van der Waals surface area contributed by atoms with Gasteiger partial charge < -0.3 is 14.4 Å². The topological polar surface area (TPSA) is 21.7 Å². The lowest BCUT2D eigenvalue weighted by molar-refractivity contribution is 0.308. The SMILES string of the molecule is CCN(CC)CCc1ccc(OC)c2cccc(OC)c12. The summed E-state index contributed by atoms with van der Waals surface area (Å²) >= 11 is 0. The van der Waals surface area contributed by atoms with Crippen molar-refractivity contribution in [3.63, 3.8) is 0 Å². The Balaban J connectivity index is 2.43. The molecule has 21 heavy (non-hydrogen) atoms. The van der Waals surface area contributed by atoms with Crippen LogP contribution in [0.5, 0.6) is 11.5 Å². The van der Waals surface area contributed by atoms with Crippen LogP contribution in [0.4, 0.5) is 0 Å². The molecule has 0 radical (unpaired) electrons. The number of methoxy groups -OCH3 is 2. The van der Waals surface area contributed by atoms with Crippen molar-refractivity contribution in [2.75, 3.05) is 33.9 Å². The van der Waals surface area contributed by atoms with Crippen molar-refractivity contribution in [1.29, 1.82) is 0 Å². The zero-order valence-electron chi connectivity index (χ0n) is 13.5. The number of hydrogen-bond donors (Lipinski definition) is 0. The highest BCUT2D eigenvalue weighted by Gasteiger charge is 2.12. The Morgan fingerprint density at radius 2 is 1.62 bits per heavy atom. The van der Waals surface area contributed by atoms with Crippen LogP contribution in [-0.4, -0.2) is 38.8 Å². The van der Waals surface area contributed by atoms with Gasteiger partial charge in [-0.1, -0.05) is 32.0 Å². The Morgan fingerprint density at radius 3 is 2.24 bits per heavy atom. The summed E-state index contributed by atoms with van der Waals surface area (Å²) < 4.78 is 11.0. The minimum atomic E-state index is 0.899. The molecule has 2 aromatic carbocycles. The van der Waals surface area contributed by atoms with Gasteiger partial charge in [0.05, 0.1) is 14.2 Å². The quantitative estimate of drug-likeness (QED) is 0.774. The molecule has 0 N–H and O–H groups in total. The molecule has 2 rings (SSSR count). The van der Waals surface area contributed by atoms with Gasteiger partial charge in [0.2, 0.25) is 0 Å².